The van der Waals surface area contributed by atoms with E-state index in [-0.39, 0.29) is 28.4 Å². The fourth-order valence-corrected chi connectivity index (χ4v) is 7.46. The van der Waals surface area contributed by atoms with E-state index in [1.54, 1.807) is 30.3 Å². The number of carbonyl (C=O) groups is 1. The highest BCUT2D eigenvalue weighted by Crippen LogP contribution is 2.56. The minimum Gasteiger partial charge on any atom is -0.756 e. The van der Waals surface area contributed by atoms with Crippen LogP contribution in [-0.4, -0.2) is 95.7 Å². The number of ether oxygens (including phenoxy) is 2. The van der Waals surface area contributed by atoms with Crippen LogP contribution < -0.4 is 25.8 Å². The molecular weight excluding hydrogens is 708 g/mol. The number of phosphoric ester groups is 2. The van der Waals surface area contributed by atoms with E-state index in [2.05, 4.69) is 28.3 Å². The van der Waals surface area contributed by atoms with Gasteiger partial charge in [-0.05, 0) is 6.07 Å². The third kappa shape index (κ3) is 7.32. The number of fused-ring (bicyclic) bond motifs is 1. The van der Waals surface area contributed by atoms with Crippen molar-refractivity contribution in [2.75, 3.05) is 18.9 Å². The number of imidazole rings is 1. The number of nitrogens with two attached hydrogens (primary N) is 2. The van der Waals surface area contributed by atoms with Gasteiger partial charge in [0.2, 0.25) is 0 Å². The number of amides is 1. The maximum atomic E-state index is 12.5. The molecule has 0 aliphatic carbocycles. The van der Waals surface area contributed by atoms with Gasteiger partial charge in [0, 0.05) is 11.6 Å². The van der Waals surface area contributed by atoms with Crippen LogP contribution in [0.25, 0.3) is 22.6 Å². The number of nitrogen functional groups attached to an aromatic ring is 1. The second-order valence-corrected chi connectivity index (χ2v) is 14.1. The normalized spacial score (nSPS) is 29.2. The summed E-state index contributed by atoms with van der Waals surface area (Å²) in [6.07, 6.45) is -8.74. The van der Waals surface area contributed by atoms with Crippen LogP contribution in [0, 0.1) is 0 Å². The molecule has 2 unspecified atom stereocenters. The summed E-state index contributed by atoms with van der Waals surface area (Å²) in [4.78, 5) is 49.0. The summed E-state index contributed by atoms with van der Waals surface area (Å²) in [6.45, 7) is -2.01. The zero-order chi connectivity index (χ0) is 36.0. The Hall–Kier alpha value is -3.79. The number of pyridine rings is 1. The van der Waals surface area contributed by atoms with Crippen molar-refractivity contribution in [3.63, 3.8) is 0 Å². The third-order valence-electron chi connectivity index (χ3n) is 7.86. The second-order valence-electron chi connectivity index (χ2n) is 11.2. The van der Waals surface area contributed by atoms with Crippen molar-refractivity contribution in [2.45, 2.75) is 49.1 Å². The number of rotatable bonds is 12. The van der Waals surface area contributed by atoms with E-state index >= 15 is 0 Å². The van der Waals surface area contributed by atoms with Crippen LogP contribution in [0.2, 0.25) is 0 Å². The van der Waals surface area contributed by atoms with Crippen LogP contribution >= 0.6 is 15.6 Å². The Morgan fingerprint density at radius 1 is 0.920 bits per heavy atom. The smallest absolute Gasteiger partial charge is 0.292 e. The molecule has 0 bridgehead atoms. The predicted molar refractivity (Wildman–Crippen MR) is 160 cm³/mol. The van der Waals surface area contributed by atoms with Crippen LogP contribution in [-0.2, 0) is 32.0 Å². The number of aliphatic hydroxyl groups excluding tert-OH is 4. The van der Waals surface area contributed by atoms with Gasteiger partial charge in [-0.25, -0.2) is 19.3 Å². The third-order valence-corrected chi connectivity index (χ3v) is 10.4. The molecule has 0 spiro atoms. The summed E-state index contributed by atoms with van der Waals surface area (Å²) in [5.74, 6) is -0.539. The number of carbonyl (C=O) groups excluding carboxylic acids is 1. The molecule has 268 valence electrons. The summed E-state index contributed by atoms with van der Waals surface area (Å²) >= 11 is 0. The molecule has 8 N–H and O–H groups in total. The van der Waals surface area contributed by atoms with Gasteiger partial charge in [0.15, 0.2) is 41.7 Å². The van der Waals surface area contributed by atoms with Crippen LogP contribution in [0.3, 0.4) is 0 Å². The standard InChI is InChI=1S/C27H31N7O14P2/c28-22-17-25(31-12-30-22)34(24(32-17)13-5-2-1-3-6-13)27-21(38)19(36)16(47-27)11-45-50(42,43)48-49(40,41)44-10-15-18(35)20(37)26(46-15)33-8-4-7-14(9-33)23(29)39/h1-9,12,15-16,18-21,26-27,35-38H,10-11H2,(H5-,28,29,30,31,39,40,41,42,43)/p-1/t15-,16-,18-,19-,20-,21-,26-,27-/m1/s1. The number of primary amides is 1. The number of anilines is 1. The van der Waals surface area contributed by atoms with Gasteiger partial charge in [-0.2, -0.15) is 4.57 Å². The molecule has 2 fully saturated rings. The molecular formula is C27H30N7O14P2-. The SMILES string of the molecule is NC(=O)c1ccc[n+]([C@@H]2O[C@H](COP(=O)([O-])OP(=O)([O-])OC[C@H]3O[C@@H](n4c(-c5ccccc5)nc5c(N)ncnc54)[C@H](O)[C@@H]3O)[C@@H](O)[C@H]2O)c1. The first-order valence-corrected chi connectivity index (χ1v) is 17.6. The summed E-state index contributed by atoms with van der Waals surface area (Å²) in [6, 6.07) is 11.4. The zero-order valence-electron chi connectivity index (χ0n) is 25.5. The molecule has 0 radical (unpaired) electrons. The van der Waals surface area contributed by atoms with E-state index in [0.717, 1.165) is 6.33 Å². The van der Waals surface area contributed by atoms with Crippen molar-refractivity contribution in [3.8, 4) is 11.4 Å². The van der Waals surface area contributed by atoms with Gasteiger partial charge < -0.3 is 60.2 Å². The molecule has 2 aliphatic heterocycles. The van der Waals surface area contributed by atoms with Crippen molar-refractivity contribution in [1.29, 1.82) is 0 Å². The van der Waals surface area contributed by atoms with E-state index in [4.69, 9.17) is 20.9 Å². The summed E-state index contributed by atoms with van der Waals surface area (Å²) in [5.41, 5.74) is 12.1. The lowest BCUT2D eigenvalue weighted by Crippen LogP contribution is -2.46. The Balaban J connectivity index is 1.09. The molecule has 0 saturated carbocycles. The molecule has 4 aromatic rings. The van der Waals surface area contributed by atoms with E-state index in [1.807, 2.05) is 0 Å². The minimum atomic E-state index is -5.74. The van der Waals surface area contributed by atoms with Crippen molar-refractivity contribution >= 4 is 38.5 Å². The molecule has 2 saturated heterocycles. The molecule has 6 rings (SSSR count). The number of aliphatic hydroxyl groups is 4. The lowest BCUT2D eigenvalue weighted by molar-refractivity contribution is -0.765. The van der Waals surface area contributed by atoms with Gasteiger partial charge in [0.25, 0.3) is 27.8 Å². The van der Waals surface area contributed by atoms with Crippen LogP contribution in [0.4, 0.5) is 5.82 Å². The molecule has 21 nitrogen and oxygen atoms in total. The molecule has 1 amide bonds. The Morgan fingerprint density at radius 3 is 2.22 bits per heavy atom. The summed E-state index contributed by atoms with van der Waals surface area (Å²) < 4.78 is 52.1. The van der Waals surface area contributed by atoms with Gasteiger partial charge in [-0.15, -0.1) is 0 Å². The quantitative estimate of drug-likeness (QED) is 0.0640. The van der Waals surface area contributed by atoms with Gasteiger partial charge in [-0.1, -0.05) is 30.3 Å². The molecule has 2 aliphatic rings. The molecule has 3 aromatic heterocycles. The maximum absolute atomic E-state index is 12.5. The lowest BCUT2D eigenvalue weighted by Gasteiger charge is -2.31. The zero-order valence-corrected chi connectivity index (χ0v) is 27.3. The van der Waals surface area contributed by atoms with Crippen molar-refractivity contribution in [1.82, 2.24) is 19.5 Å². The van der Waals surface area contributed by atoms with E-state index in [0.29, 0.717) is 5.56 Å². The van der Waals surface area contributed by atoms with Crippen LogP contribution in [0.5, 0.6) is 0 Å². The molecule has 1 aromatic carbocycles. The summed E-state index contributed by atoms with van der Waals surface area (Å²) in [7, 11) is -11.5. The highest BCUT2D eigenvalue weighted by Gasteiger charge is 2.49. The number of nitrogens with zero attached hydrogens (tertiary/aromatic N) is 5. The number of phosphoric acid groups is 2. The maximum Gasteiger partial charge on any atom is 0.292 e. The van der Waals surface area contributed by atoms with Gasteiger partial charge in [0.1, 0.15) is 48.2 Å². The van der Waals surface area contributed by atoms with Crippen molar-refractivity contribution in [3.05, 3.63) is 66.7 Å². The van der Waals surface area contributed by atoms with Gasteiger partial charge >= 0.3 is 0 Å². The molecule has 10 atom stereocenters. The fraction of sp³-hybridized carbons (Fsp3) is 0.370. The number of benzene rings is 1. The van der Waals surface area contributed by atoms with Crippen molar-refractivity contribution < 1.29 is 71.5 Å². The topological polar surface area (TPSA) is 324 Å². The van der Waals surface area contributed by atoms with Gasteiger partial charge in [0.05, 0.1) is 13.2 Å². The monoisotopic (exact) mass is 738 g/mol. The molecule has 5 heterocycles. The summed E-state index contributed by atoms with van der Waals surface area (Å²) in [5, 5.41) is 42.5. The second kappa shape index (κ2) is 14.1. The van der Waals surface area contributed by atoms with Gasteiger partial charge in [-0.3, -0.25) is 18.5 Å². The molecule has 23 heteroatoms. The lowest BCUT2D eigenvalue weighted by atomic mass is 10.1. The number of hydrogen-bond donors (Lipinski definition) is 6. The van der Waals surface area contributed by atoms with Crippen LogP contribution in [0.15, 0.2) is 61.2 Å². The first-order chi connectivity index (χ1) is 23.7. The average molecular weight is 739 g/mol. The van der Waals surface area contributed by atoms with Crippen LogP contribution in [0.1, 0.15) is 22.8 Å². The Labute approximate surface area is 281 Å². The first-order valence-electron chi connectivity index (χ1n) is 14.7. The number of aromatic nitrogens is 5. The highest BCUT2D eigenvalue weighted by atomic mass is 31.3. The Morgan fingerprint density at radius 2 is 1.56 bits per heavy atom. The molecule has 50 heavy (non-hydrogen) atoms. The largest absolute Gasteiger partial charge is 0.756 e. The van der Waals surface area contributed by atoms with E-state index in [9.17, 15) is 44.1 Å². The number of hydrogen-bond acceptors (Lipinski definition) is 18. The first kappa shape index (κ1) is 36.0. The van der Waals surface area contributed by atoms with Crippen molar-refractivity contribution in [2.24, 2.45) is 5.73 Å². The Bertz CT molecular complexity index is 1970. The highest BCUT2D eigenvalue weighted by molar-refractivity contribution is 7.59. The predicted octanol–water partition coefficient (Wildman–Crippen LogP) is -2.61. The Kier molecular flexibility index (Phi) is 10.1. The fourth-order valence-electron chi connectivity index (χ4n) is 5.45. The minimum absolute atomic E-state index is 0.0198. The average Bonchev–Trinajstić information content (AvgIpc) is 3.70. The van der Waals surface area contributed by atoms with E-state index in [1.165, 1.54) is 33.7 Å². The van der Waals surface area contributed by atoms with E-state index < -0.39 is 83.8 Å².